The van der Waals surface area contributed by atoms with Crippen LogP contribution >= 0.6 is 0 Å². The third-order valence-corrected chi connectivity index (χ3v) is 4.23. The van der Waals surface area contributed by atoms with Crippen molar-refractivity contribution in [2.24, 2.45) is 0 Å². The molecule has 0 fully saturated rings. The lowest BCUT2D eigenvalue weighted by Gasteiger charge is -2.33. The summed E-state index contributed by atoms with van der Waals surface area (Å²) in [5, 5.41) is 23.2. The van der Waals surface area contributed by atoms with Crippen LogP contribution in [-0.4, -0.2) is 33.6 Å². The van der Waals surface area contributed by atoms with E-state index in [9.17, 15) is 25.0 Å². The molecular formula is C19H18N4O7. The number of hydrogen-bond donors (Lipinski definition) is 1. The first-order chi connectivity index (χ1) is 14.3. The van der Waals surface area contributed by atoms with Crippen molar-refractivity contribution in [2.45, 2.75) is 20.1 Å². The van der Waals surface area contributed by atoms with E-state index >= 15 is 0 Å². The highest BCUT2D eigenvalue weighted by atomic mass is 16.6. The summed E-state index contributed by atoms with van der Waals surface area (Å²) in [6.07, 6.45) is 0.443. The van der Waals surface area contributed by atoms with Crippen molar-refractivity contribution in [3.05, 3.63) is 74.3 Å². The second-order valence-corrected chi connectivity index (χ2v) is 6.22. The molecule has 0 saturated carbocycles. The second kappa shape index (κ2) is 8.47. The number of hydrogen-bond acceptors (Lipinski definition) is 8. The summed E-state index contributed by atoms with van der Waals surface area (Å²) in [6.45, 7) is 3.99. The maximum absolute atomic E-state index is 12.6. The summed E-state index contributed by atoms with van der Waals surface area (Å²) in [6, 6.07) is 10.1. The lowest BCUT2D eigenvalue weighted by molar-refractivity contribution is -0.393. The number of anilines is 1. The van der Waals surface area contributed by atoms with Crippen molar-refractivity contribution in [1.82, 2.24) is 5.01 Å². The lowest BCUT2D eigenvalue weighted by Crippen LogP contribution is -2.46. The number of non-ortho nitro benzene ring substituents is 1. The predicted molar refractivity (Wildman–Crippen MR) is 106 cm³/mol. The molecule has 0 bridgehead atoms. The summed E-state index contributed by atoms with van der Waals surface area (Å²) in [4.78, 5) is 33.3. The lowest BCUT2D eigenvalue weighted by atomic mass is 10.1. The maximum Gasteiger partial charge on any atom is 0.300 e. The van der Waals surface area contributed by atoms with Gasteiger partial charge in [-0.2, -0.15) is 0 Å². The van der Waals surface area contributed by atoms with Crippen molar-refractivity contribution in [1.29, 1.82) is 0 Å². The molecule has 156 valence electrons. The van der Waals surface area contributed by atoms with Gasteiger partial charge in [0.1, 0.15) is 17.2 Å². The Kier molecular flexibility index (Phi) is 5.81. The van der Waals surface area contributed by atoms with E-state index in [1.54, 1.807) is 31.2 Å². The summed E-state index contributed by atoms with van der Waals surface area (Å²) >= 11 is 0. The van der Waals surface area contributed by atoms with Gasteiger partial charge < -0.3 is 9.47 Å². The van der Waals surface area contributed by atoms with E-state index in [-0.39, 0.29) is 5.69 Å². The number of nitrogens with one attached hydrogen (secondary N) is 1. The topological polar surface area (TPSA) is 137 Å². The van der Waals surface area contributed by atoms with Gasteiger partial charge >= 0.3 is 5.69 Å². The van der Waals surface area contributed by atoms with Crippen molar-refractivity contribution in [3.63, 3.8) is 0 Å². The van der Waals surface area contributed by atoms with Gasteiger partial charge in [0.2, 0.25) is 0 Å². The maximum atomic E-state index is 12.6. The number of nitrogens with zero attached hydrogens (tertiary/aromatic N) is 3. The molecule has 0 unspecified atom stereocenters. The molecule has 1 aliphatic rings. The molecule has 0 aromatic heterocycles. The first-order valence-corrected chi connectivity index (χ1v) is 8.94. The number of hydrazine groups is 1. The molecule has 2 aromatic carbocycles. The standard InChI is InChI=1S/C19H18N4O7/c1-3-29-15-7-4-13(5-8-15)18-11-19(24)21(12(2)30-18)20-16-9-6-14(22(25)26)10-17(16)23(27)28/h4-12,20H,3H2,1-2H3/t12-/m1/s1. The average molecular weight is 414 g/mol. The Hall–Kier alpha value is -4.15. The third kappa shape index (κ3) is 4.29. The fourth-order valence-corrected chi connectivity index (χ4v) is 2.82. The molecule has 2 aromatic rings. The first-order valence-electron chi connectivity index (χ1n) is 8.94. The normalized spacial score (nSPS) is 15.8. The van der Waals surface area contributed by atoms with Gasteiger partial charge in [0.25, 0.3) is 11.6 Å². The molecule has 1 heterocycles. The van der Waals surface area contributed by atoms with Gasteiger partial charge in [-0.1, -0.05) is 0 Å². The number of amides is 1. The fourth-order valence-electron chi connectivity index (χ4n) is 2.82. The van der Waals surface area contributed by atoms with Gasteiger partial charge in [0.15, 0.2) is 6.23 Å². The van der Waals surface area contributed by atoms with E-state index in [2.05, 4.69) is 5.43 Å². The highest BCUT2D eigenvalue weighted by Crippen LogP contribution is 2.31. The van der Waals surface area contributed by atoms with Crippen molar-refractivity contribution in [2.75, 3.05) is 12.0 Å². The Morgan fingerprint density at radius 2 is 1.83 bits per heavy atom. The number of carbonyl (C=O) groups excluding carboxylic acids is 1. The van der Waals surface area contributed by atoms with Crippen LogP contribution in [0, 0.1) is 20.2 Å². The number of nitro groups is 2. The van der Waals surface area contributed by atoms with Crippen LogP contribution in [0.4, 0.5) is 17.1 Å². The quantitative estimate of drug-likeness (QED) is 0.537. The first kappa shape index (κ1) is 20.6. The van der Waals surface area contributed by atoms with Gasteiger partial charge in [0, 0.05) is 17.7 Å². The predicted octanol–water partition coefficient (Wildman–Crippen LogP) is 3.47. The van der Waals surface area contributed by atoms with E-state index in [0.29, 0.717) is 23.7 Å². The summed E-state index contributed by atoms with van der Waals surface area (Å²) < 4.78 is 11.2. The molecule has 3 rings (SSSR count). The smallest absolute Gasteiger partial charge is 0.300 e. The van der Waals surface area contributed by atoms with Crippen LogP contribution < -0.4 is 10.2 Å². The van der Waals surface area contributed by atoms with Crippen LogP contribution in [-0.2, 0) is 9.53 Å². The molecule has 11 nitrogen and oxygen atoms in total. The number of ether oxygens (including phenoxy) is 2. The third-order valence-electron chi connectivity index (χ3n) is 4.23. The zero-order chi connectivity index (χ0) is 21.8. The molecule has 1 amide bonds. The Balaban J connectivity index is 1.83. The molecule has 11 heteroatoms. The van der Waals surface area contributed by atoms with Gasteiger partial charge in [-0.25, -0.2) is 5.01 Å². The van der Waals surface area contributed by atoms with Crippen molar-refractivity contribution in [3.8, 4) is 5.75 Å². The molecule has 1 atom stereocenters. The molecule has 0 spiro atoms. The molecular weight excluding hydrogens is 396 g/mol. The summed E-state index contributed by atoms with van der Waals surface area (Å²) in [5.74, 6) is 0.530. The highest BCUT2D eigenvalue weighted by molar-refractivity contribution is 5.96. The van der Waals surface area contributed by atoms with E-state index in [0.717, 1.165) is 17.1 Å². The number of benzene rings is 2. The van der Waals surface area contributed by atoms with Crippen LogP contribution in [0.3, 0.4) is 0 Å². The van der Waals surface area contributed by atoms with Crippen molar-refractivity contribution < 1.29 is 24.1 Å². The summed E-state index contributed by atoms with van der Waals surface area (Å²) in [5.41, 5.74) is 2.25. The monoisotopic (exact) mass is 414 g/mol. The Morgan fingerprint density at radius 1 is 1.13 bits per heavy atom. The molecule has 0 saturated heterocycles. The molecule has 0 aliphatic carbocycles. The summed E-state index contributed by atoms with van der Waals surface area (Å²) in [7, 11) is 0. The van der Waals surface area contributed by atoms with Crippen LogP contribution in [0.2, 0.25) is 0 Å². The van der Waals surface area contributed by atoms with Crippen LogP contribution in [0.5, 0.6) is 5.75 Å². The molecule has 1 aliphatic heterocycles. The number of carbonyl (C=O) groups is 1. The average Bonchev–Trinajstić information content (AvgIpc) is 2.71. The molecule has 0 radical (unpaired) electrons. The van der Waals surface area contributed by atoms with Crippen LogP contribution in [0.25, 0.3) is 5.76 Å². The minimum Gasteiger partial charge on any atom is -0.494 e. The number of nitro benzene ring substituents is 2. The van der Waals surface area contributed by atoms with E-state index in [1.165, 1.54) is 12.1 Å². The Labute approximate surface area is 170 Å². The van der Waals surface area contributed by atoms with Gasteiger partial charge in [0.05, 0.1) is 22.5 Å². The minimum atomic E-state index is -0.807. The van der Waals surface area contributed by atoms with E-state index < -0.39 is 33.4 Å². The SMILES string of the molecule is CCOc1ccc(C2=CC(=O)N(Nc3ccc([N+](=O)[O-])cc3[N+](=O)[O-])[C@@H](C)O2)cc1. The van der Waals surface area contributed by atoms with Gasteiger partial charge in [-0.05, 0) is 44.2 Å². The largest absolute Gasteiger partial charge is 0.494 e. The highest BCUT2D eigenvalue weighted by Gasteiger charge is 2.30. The molecule has 30 heavy (non-hydrogen) atoms. The Morgan fingerprint density at radius 3 is 2.40 bits per heavy atom. The van der Waals surface area contributed by atoms with E-state index in [4.69, 9.17) is 9.47 Å². The zero-order valence-corrected chi connectivity index (χ0v) is 16.1. The second-order valence-electron chi connectivity index (χ2n) is 6.22. The van der Waals surface area contributed by atoms with Gasteiger partial charge in [-0.3, -0.25) is 30.4 Å². The minimum absolute atomic E-state index is 0.0766. The zero-order valence-electron chi connectivity index (χ0n) is 16.1. The fraction of sp³-hybridized carbons (Fsp3) is 0.211. The number of rotatable bonds is 7. The van der Waals surface area contributed by atoms with Crippen LogP contribution in [0.1, 0.15) is 19.4 Å². The Bertz CT molecular complexity index is 1020. The van der Waals surface area contributed by atoms with Crippen molar-refractivity contribution >= 4 is 28.7 Å². The van der Waals surface area contributed by atoms with E-state index in [1.807, 2.05) is 6.92 Å². The van der Waals surface area contributed by atoms with Crippen LogP contribution in [0.15, 0.2) is 48.5 Å². The van der Waals surface area contributed by atoms with Gasteiger partial charge in [-0.15, -0.1) is 0 Å². The molecule has 1 N–H and O–H groups in total.